The van der Waals surface area contributed by atoms with Gasteiger partial charge in [0.2, 0.25) is 5.88 Å². The molecule has 4 atom stereocenters. The second-order valence-corrected chi connectivity index (χ2v) is 6.23. The van der Waals surface area contributed by atoms with E-state index in [0.29, 0.717) is 32.8 Å². The number of aliphatic hydroxyl groups excluding tert-OH is 2. The Balaban J connectivity index is 2.03. The first-order valence-electron chi connectivity index (χ1n) is 7.63. The predicted octanol–water partition coefficient (Wildman–Crippen LogP) is 1.84. The van der Waals surface area contributed by atoms with Crippen LogP contribution in [0.3, 0.4) is 0 Å². The van der Waals surface area contributed by atoms with Gasteiger partial charge in [-0.25, -0.2) is 14.4 Å². The topological polar surface area (TPSA) is 89.6 Å². The van der Waals surface area contributed by atoms with E-state index in [0.717, 1.165) is 0 Å². The number of ether oxygens (including phenoxy) is 2. The Hall–Kier alpha value is -2.00. The maximum atomic E-state index is 14.7. The van der Waals surface area contributed by atoms with E-state index < -0.39 is 31.2 Å². The molecule has 3 heterocycles. The number of aromatic nitrogens is 3. The van der Waals surface area contributed by atoms with Crippen LogP contribution in [-0.4, -0.2) is 56.8 Å². The van der Waals surface area contributed by atoms with Gasteiger partial charge in [0.05, 0.1) is 24.6 Å². The first-order chi connectivity index (χ1) is 12.1. The van der Waals surface area contributed by atoms with Gasteiger partial charge in [-0.2, -0.15) is 0 Å². The highest BCUT2D eigenvalue weighted by Gasteiger charge is 2.46. The number of hydrogen-bond donors (Lipinski definition) is 2. The molecular weight excluding hydrogens is 353 g/mol. The smallest absolute Gasteiger partial charge is 0.226 e. The van der Waals surface area contributed by atoms with Crippen LogP contribution < -0.4 is 4.74 Å². The molecule has 0 aliphatic carbocycles. The maximum Gasteiger partial charge on any atom is 0.226 e. The van der Waals surface area contributed by atoms with Gasteiger partial charge in [0, 0.05) is 10.4 Å². The van der Waals surface area contributed by atoms with E-state index in [2.05, 4.69) is 9.97 Å². The number of nitrogens with zero attached hydrogens (tertiary/aromatic N) is 3. The van der Waals surface area contributed by atoms with Crippen molar-refractivity contribution in [2.75, 3.05) is 13.7 Å². The highest BCUT2D eigenvalue weighted by molar-refractivity contribution is 6.32. The van der Waals surface area contributed by atoms with Gasteiger partial charge in [-0.05, 0) is 18.2 Å². The average Bonchev–Trinajstić information content (AvgIpc) is 3.09. The summed E-state index contributed by atoms with van der Waals surface area (Å²) >= 11 is 6.11. The lowest BCUT2D eigenvalue weighted by Gasteiger charge is -2.17. The van der Waals surface area contributed by atoms with Crippen molar-refractivity contribution in [1.29, 1.82) is 0 Å². The number of hydrogen-bond acceptors (Lipinski definition) is 6. The summed E-state index contributed by atoms with van der Waals surface area (Å²) in [6, 6.07) is 5.10. The third kappa shape index (κ3) is 2.36. The number of benzene rings is 1. The van der Waals surface area contributed by atoms with E-state index in [4.69, 9.17) is 21.1 Å². The van der Waals surface area contributed by atoms with Gasteiger partial charge >= 0.3 is 0 Å². The van der Waals surface area contributed by atoms with Crippen LogP contribution in [0.5, 0.6) is 5.88 Å². The van der Waals surface area contributed by atoms with Crippen molar-refractivity contribution in [3.8, 4) is 5.88 Å². The summed E-state index contributed by atoms with van der Waals surface area (Å²) in [5, 5.41) is 21.0. The Bertz CT molecular complexity index is 950. The van der Waals surface area contributed by atoms with Crippen LogP contribution in [0, 0.1) is 0 Å². The van der Waals surface area contributed by atoms with Crippen LogP contribution in [0.1, 0.15) is 6.23 Å². The van der Waals surface area contributed by atoms with Crippen LogP contribution in [0.2, 0.25) is 5.02 Å². The number of methoxy groups -OCH3 is 1. The molecule has 0 saturated carbocycles. The van der Waals surface area contributed by atoms with Gasteiger partial charge in [0.1, 0.15) is 18.5 Å². The molecule has 0 bridgehead atoms. The number of halogens is 2. The number of aliphatic hydroxyl groups is 2. The van der Waals surface area contributed by atoms with Gasteiger partial charge in [-0.1, -0.05) is 11.6 Å². The summed E-state index contributed by atoms with van der Waals surface area (Å²) in [6.45, 7) is -0.487. The summed E-state index contributed by atoms with van der Waals surface area (Å²) in [4.78, 5) is 8.35. The first-order valence-corrected chi connectivity index (χ1v) is 8.01. The number of fused-ring (bicyclic) bond motifs is 3. The van der Waals surface area contributed by atoms with E-state index in [1.165, 1.54) is 18.0 Å². The first kappa shape index (κ1) is 16.5. The molecule has 7 nitrogen and oxygen atoms in total. The van der Waals surface area contributed by atoms with Crippen LogP contribution >= 0.6 is 11.6 Å². The molecule has 4 rings (SSSR count). The lowest BCUT2D eigenvalue weighted by atomic mass is 10.1. The molecule has 9 heteroatoms. The highest BCUT2D eigenvalue weighted by Crippen LogP contribution is 2.41. The van der Waals surface area contributed by atoms with Crippen molar-refractivity contribution in [3.63, 3.8) is 0 Å². The monoisotopic (exact) mass is 367 g/mol. The van der Waals surface area contributed by atoms with Gasteiger partial charge in [0.15, 0.2) is 18.0 Å². The predicted molar refractivity (Wildman–Crippen MR) is 88.5 cm³/mol. The minimum Gasteiger partial charge on any atom is -0.480 e. The molecule has 1 fully saturated rings. The number of rotatable bonds is 3. The molecule has 2 N–H and O–H groups in total. The van der Waals surface area contributed by atoms with E-state index in [-0.39, 0.29) is 0 Å². The summed E-state index contributed by atoms with van der Waals surface area (Å²) in [6.07, 6.45) is -4.01. The Kier molecular flexibility index (Phi) is 3.99. The average molecular weight is 368 g/mol. The Morgan fingerprint density at radius 2 is 2.20 bits per heavy atom. The van der Waals surface area contributed by atoms with Crippen LogP contribution in [0.25, 0.3) is 21.9 Å². The van der Waals surface area contributed by atoms with Gasteiger partial charge in [-0.15, -0.1) is 0 Å². The summed E-state index contributed by atoms with van der Waals surface area (Å²) < 4.78 is 27.1. The normalized spacial score (nSPS) is 26.6. The molecular formula is C16H15ClFN3O4. The van der Waals surface area contributed by atoms with Gasteiger partial charge in [-0.3, -0.25) is 4.57 Å². The fraction of sp³-hybridized carbons (Fsp3) is 0.375. The standard InChI is InChI=1S/C16H15ClFN3O4/c1-24-15-11-8-4-7(17)2-3-9(8)21(14(11)19-6-20-15)16-12(18)13(23)10(5-22)25-16/h2-4,6,10,12-13,16,22-23H,5H2,1H3/t10-,12+,13-,16-/m1/s1. The van der Waals surface area contributed by atoms with Gasteiger partial charge < -0.3 is 19.7 Å². The third-order valence-corrected chi connectivity index (χ3v) is 4.66. The molecule has 0 unspecified atom stereocenters. The fourth-order valence-corrected chi connectivity index (χ4v) is 3.46. The minimum atomic E-state index is -1.73. The quantitative estimate of drug-likeness (QED) is 0.734. The van der Waals surface area contributed by atoms with E-state index in [1.54, 1.807) is 18.2 Å². The lowest BCUT2D eigenvalue weighted by molar-refractivity contribution is -0.0442. The molecule has 1 aromatic carbocycles. The maximum absolute atomic E-state index is 14.7. The van der Waals surface area contributed by atoms with Crippen LogP contribution in [0.4, 0.5) is 4.39 Å². The lowest BCUT2D eigenvalue weighted by Crippen LogP contribution is -2.30. The molecule has 0 radical (unpaired) electrons. The summed E-state index contributed by atoms with van der Waals surface area (Å²) in [5.41, 5.74) is 0.999. The van der Waals surface area contributed by atoms with Crippen molar-refractivity contribution in [3.05, 3.63) is 29.5 Å². The van der Waals surface area contributed by atoms with Crippen molar-refractivity contribution in [2.45, 2.75) is 24.6 Å². The largest absolute Gasteiger partial charge is 0.480 e. The molecule has 0 spiro atoms. The molecule has 132 valence electrons. The molecule has 1 saturated heterocycles. The van der Waals surface area contributed by atoms with Crippen molar-refractivity contribution in [2.24, 2.45) is 0 Å². The second kappa shape index (κ2) is 6.06. The second-order valence-electron chi connectivity index (χ2n) is 5.80. The molecule has 0 amide bonds. The third-order valence-electron chi connectivity index (χ3n) is 4.43. The highest BCUT2D eigenvalue weighted by atomic mass is 35.5. The van der Waals surface area contributed by atoms with E-state index in [1.807, 2.05) is 0 Å². The fourth-order valence-electron chi connectivity index (χ4n) is 3.29. The molecule has 3 aromatic rings. The molecule has 1 aliphatic rings. The van der Waals surface area contributed by atoms with Crippen molar-refractivity contribution in [1.82, 2.24) is 14.5 Å². The summed E-state index contributed by atoms with van der Waals surface area (Å²) in [5.74, 6) is 0.323. The van der Waals surface area contributed by atoms with E-state index in [9.17, 15) is 14.6 Å². The zero-order valence-corrected chi connectivity index (χ0v) is 13.9. The van der Waals surface area contributed by atoms with E-state index >= 15 is 0 Å². The SMILES string of the molecule is COc1ncnc2c1c1cc(Cl)ccc1n2[C@@H]1O[C@H](CO)[C@@H](O)[C@@H]1F. The minimum absolute atomic E-state index is 0.323. The zero-order chi connectivity index (χ0) is 17.7. The van der Waals surface area contributed by atoms with Crippen molar-refractivity contribution >= 4 is 33.5 Å². The van der Waals surface area contributed by atoms with Gasteiger partial charge in [0.25, 0.3) is 0 Å². The molecule has 1 aliphatic heterocycles. The number of alkyl halides is 1. The molecule has 25 heavy (non-hydrogen) atoms. The molecule has 2 aromatic heterocycles. The Labute approximate surface area is 146 Å². The van der Waals surface area contributed by atoms with Crippen LogP contribution in [-0.2, 0) is 4.74 Å². The summed E-state index contributed by atoms with van der Waals surface area (Å²) in [7, 11) is 1.48. The van der Waals surface area contributed by atoms with Crippen molar-refractivity contribution < 1.29 is 24.1 Å². The zero-order valence-electron chi connectivity index (χ0n) is 13.1. The Morgan fingerprint density at radius 1 is 1.40 bits per heavy atom. The Morgan fingerprint density at radius 3 is 2.88 bits per heavy atom. The van der Waals surface area contributed by atoms with Crippen LogP contribution in [0.15, 0.2) is 24.5 Å².